The maximum Gasteiger partial charge on any atom is 0.471 e. The lowest BCUT2D eigenvalue weighted by Crippen LogP contribution is -2.42. The molecule has 3 N–H and O–H groups in total. The maximum absolute atomic E-state index is 11.7. The Bertz CT molecular complexity index is 1450. The minimum atomic E-state index is -4.96. The highest BCUT2D eigenvalue weighted by Gasteiger charge is 2.38. The second kappa shape index (κ2) is 30.2. The average molecular weight is 840 g/mol. The molecule has 3 aliphatic rings. The van der Waals surface area contributed by atoms with Crippen LogP contribution in [0.25, 0.3) is 0 Å². The van der Waals surface area contributed by atoms with Crippen molar-refractivity contribution in [3.63, 3.8) is 0 Å². The number of amides is 9. The van der Waals surface area contributed by atoms with Crippen molar-refractivity contribution < 1.29 is 80.1 Å². The van der Waals surface area contributed by atoms with Crippen molar-refractivity contribution in [1.29, 1.82) is 0 Å². The Labute approximate surface area is 335 Å². The third kappa shape index (κ3) is 26.0. The standard InChI is InChI=1S/C14H21NO4.C8H7F3N2O3.C6H5NO4.C4H10O.C2H5NO2.2CH4/c1-14(2,3)19-13(18)7-5-4-6-10-15-11(16)8-9-12(15)17;9-8(10,11)7(16)12-3-4-13-5(14)1-2-6(13)15;1-11-6(10)7-4(8)2-3-5(7)9;1-3-5-4-2;1-5-2(3)4;;/h8-9H,4-7,10H2,1-3H3;1-2H,3-4H2,(H,12,16);2-3H,1H3;3-4H2,1-2H3;1H3,(H2,3,4);2*1H4. The normalized spacial score (nSPS) is 13.7. The lowest BCUT2D eigenvalue weighted by atomic mass is 10.1. The van der Waals surface area contributed by atoms with Gasteiger partial charge >= 0.3 is 30.2 Å². The van der Waals surface area contributed by atoms with Gasteiger partial charge in [0.25, 0.3) is 35.4 Å². The minimum Gasteiger partial charge on any atom is -0.460 e. The zero-order chi connectivity index (χ0) is 43.6. The van der Waals surface area contributed by atoms with Crippen LogP contribution in [0.3, 0.4) is 0 Å². The Hall–Kier alpha value is -5.93. The van der Waals surface area contributed by atoms with E-state index in [1.807, 2.05) is 34.6 Å². The number of methoxy groups -OCH3 is 2. The number of alkyl halides is 3. The molecule has 0 aliphatic carbocycles. The van der Waals surface area contributed by atoms with Gasteiger partial charge in [-0.15, -0.1) is 0 Å². The van der Waals surface area contributed by atoms with Crippen LogP contribution in [0.1, 0.15) is 75.2 Å². The number of esters is 1. The van der Waals surface area contributed by atoms with Crippen LogP contribution in [0.4, 0.5) is 22.8 Å². The highest BCUT2D eigenvalue weighted by atomic mass is 19.4. The van der Waals surface area contributed by atoms with E-state index in [0.717, 1.165) is 55.9 Å². The molecule has 9 amide bonds. The van der Waals surface area contributed by atoms with Crippen LogP contribution in [0.2, 0.25) is 0 Å². The number of imide groups is 5. The van der Waals surface area contributed by atoms with E-state index >= 15 is 0 Å². The van der Waals surface area contributed by atoms with E-state index in [1.54, 1.807) is 5.32 Å². The van der Waals surface area contributed by atoms with E-state index in [1.165, 1.54) is 24.2 Å². The second-order valence-electron chi connectivity index (χ2n) is 11.6. The number of primary amides is 1. The first kappa shape index (κ1) is 58.8. The largest absolute Gasteiger partial charge is 0.471 e. The van der Waals surface area contributed by atoms with E-state index in [0.29, 0.717) is 30.7 Å². The summed E-state index contributed by atoms with van der Waals surface area (Å²) in [4.78, 5) is 110. The molecule has 19 nitrogen and oxygen atoms in total. The topological polar surface area (TPSA) is 255 Å². The molecule has 0 spiro atoms. The molecule has 0 saturated carbocycles. The monoisotopic (exact) mass is 839 g/mol. The Morgan fingerprint density at radius 2 is 1.07 bits per heavy atom. The van der Waals surface area contributed by atoms with E-state index < -0.39 is 60.0 Å². The van der Waals surface area contributed by atoms with Crippen molar-refractivity contribution in [1.82, 2.24) is 20.0 Å². The fraction of sp³-hybridized carbons (Fsp3) is 0.556. The van der Waals surface area contributed by atoms with E-state index in [2.05, 4.69) is 15.2 Å². The van der Waals surface area contributed by atoms with Gasteiger partial charge < -0.3 is 30.0 Å². The van der Waals surface area contributed by atoms with Crippen LogP contribution < -0.4 is 11.1 Å². The third-order valence-corrected chi connectivity index (χ3v) is 6.14. The van der Waals surface area contributed by atoms with Crippen molar-refractivity contribution in [3.8, 4) is 0 Å². The molecule has 3 heterocycles. The highest BCUT2D eigenvalue weighted by Crippen LogP contribution is 2.14. The summed E-state index contributed by atoms with van der Waals surface area (Å²) in [6.07, 6.45) is 2.52. The van der Waals surface area contributed by atoms with Crippen LogP contribution in [0, 0.1) is 0 Å². The van der Waals surface area contributed by atoms with Gasteiger partial charge in [0.05, 0.1) is 14.2 Å². The summed E-state index contributed by atoms with van der Waals surface area (Å²) in [5, 5.41) is 1.55. The molecule has 0 saturated heterocycles. The summed E-state index contributed by atoms with van der Waals surface area (Å²) in [7, 11) is 2.32. The number of rotatable bonds is 11. The molecule has 0 atom stereocenters. The summed E-state index contributed by atoms with van der Waals surface area (Å²) in [6, 6.07) is 0. The van der Waals surface area contributed by atoms with Crippen LogP contribution in [-0.2, 0) is 57.3 Å². The molecule has 0 aromatic rings. The number of nitrogens with zero attached hydrogens (tertiary/aromatic N) is 3. The van der Waals surface area contributed by atoms with Gasteiger partial charge in [0.1, 0.15) is 5.60 Å². The lowest BCUT2D eigenvalue weighted by molar-refractivity contribution is -0.173. The zero-order valence-electron chi connectivity index (χ0n) is 32.1. The molecule has 58 heavy (non-hydrogen) atoms. The summed E-state index contributed by atoms with van der Waals surface area (Å²) >= 11 is 0. The number of unbranched alkanes of at least 4 members (excludes halogenated alkanes) is 2. The Morgan fingerprint density at radius 1 is 0.672 bits per heavy atom. The molecule has 3 aliphatic heterocycles. The van der Waals surface area contributed by atoms with Crippen LogP contribution in [0.5, 0.6) is 0 Å². The van der Waals surface area contributed by atoms with E-state index in [9.17, 15) is 61.1 Å². The first-order chi connectivity index (χ1) is 26.0. The number of nitrogens with one attached hydrogen (secondary N) is 1. The first-order valence-corrected chi connectivity index (χ1v) is 16.7. The van der Waals surface area contributed by atoms with Gasteiger partial charge in [-0.05, 0) is 47.5 Å². The summed E-state index contributed by atoms with van der Waals surface area (Å²) < 4.78 is 53.3. The van der Waals surface area contributed by atoms with Gasteiger partial charge in [0, 0.05) is 75.7 Å². The molecule has 0 aromatic carbocycles. The van der Waals surface area contributed by atoms with E-state index in [-0.39, 0.29) is 39.2 Å². The number of hydrogen-bond acceptors (Lipinski definition) is 14. The van der Waals surface area contributed by atoms with Gasteiger partial charge in [-0.2, -0.15) is 18.1 Å². The number of carbonyl (C=O) groups is 10. The van der Waals surface area contributed by atoms with Crippen molar-refractivity contribution in [3.05, 3.63) is 36.5 Å². The number of ether oxygens (including phenoxy) is 4. The molecule has 0 fully saturated rings. The van der Waals surface area contributed by atoms with Crippen molar-refractivity contribution in [2.24, 2.45) is 5.73 Å². The van der Waals surface area contributed by atoms with Crippen LogP contribution >= 0.6 is 0 Å². The number of halogens is 3. The minimum absolute atomic E-state index is 0. The Balaban J connectivity index is -0.000000338. The molecule has 0 radical (unpaired) electrons. The molecule has 330 valence electrons. The Morgan fingerprint density at radius 3 is 1.40 bits per heavy atom. The number of hydrogen-bond donors (Lipinski definition) is 2. The van der Waals surface area contributed by atoms with Gasteiger partial charge in [0.2, 0.25) is 0 Å². The summed E-state index contributed by atoms with van der Waals surface area (Å²) in [6.45, 7) is 10.9. The van der Waals surface area contributed by atoms with Crippen LogP contribution in [0.15, 0.2) is 36.5 Å². The predicted octanol–water partition coefficient (Wildman–Crippen LogP) is 3.11. The van der Waals surface area contributed by atoms with Gasteiger partial charge in [-0.1, -0.05) is 21.3 Å². The third-order valence-electron chi connectivity index (χ3n) is 6.14. The molecule has 0 bridgehead atoms. The van der Waals surface area contributed by atoms with Gasteiger partial charge in [-0.3, -0.25) is 48.2 Å². The Kier molecular flexibility index (Phi) is 30.6. The fourth-order valence-electron chi connectivity index (χ4n) is 3.67. The van der Waals surface area contributed by atoms with Crippen molar-refractivity contribution >= 4 is 59.5 Å². The van der Waals surface area contributed by atoms with Crippen LogP contribution in [-0.4, -0.2) is 133 Å². The summed E-state index contributed by atoms with van der Waals surface area (Å²) in [5.74, 6) is -5.35. The van der Waals surface area contributed by atoms with Gasteiger partial charge in [-0.25, -0.2) is 9.59 Å². The van der Waals surface area contributed by atoms with Crippen molar-refractivity contribution in [2.45, 2.75) is 86.9 Å². The lowest BCUT2D eigenvalue weighted by Gasteiger charge is -2.19. The maximum atomic E-state index is 11.7. The summed E-state index contributed by atoms with van der Waals surface area (Å²) in [5.41, 5.74) is 3.98. The molecular formula is C36H56F3N5O14. The molecule has 0 aromatic heterocycles. The molecule has 3 rings (SSSR count). The highest BCUT2D eigenvalue weighted by molar-refractivity contribution is 6.21. The predicted molar refractivity (Wildman–Crippen MR) is 201 cm³/mol. The second-order valence-corrected chi connectivity index (χ2v) is 11.6. The quantitative estimate of drug-likeness (QED) is 0.131. The molecule has 0 unspecified atom stereocenters. The first-order valence-electron chi connectivity index (χ1n) is 16.7. The SMILES string of the molecule is C.C.CC(C)(C)OC(=O)CCCCCN1C(=O)C=CC1=O.CCOCC.COC(=O)N1C(=O)C=CC1=O.COC(N)=O.O=C1C=CC(=O)N1CCNC(=O)C(F)(F)F. The van der Waals surface area contributed by atoms with E-state index in [4.69, 9.17) is 9.47 Å². The molecule has 22 heteroatoms. The van der Waals surface area contributed by atoms with Gasteiger partial charge in [0.15, 0.2) is 0 Å². The van der Waals surface area contributed by atoms with Crippen molar-refractivity contribution in [2.75, 3.05) is 47.1 Å². The molecular weight excluding hydrogens is 783 g/mol. The number of carbonyl (C=O) groups excluding carboxylic acids is 10. The zero-order valence-corrected chi connectivity index (χ0v) is 32.1. The fourth-order valence-corrected chi connectivity index (χ4v) is 3.67. The number of nitrogens with two attached hydrogens (primary N) is 1. The smallest absolute Gasteiger partial charge is 0.460 e. The average Bonchev–Trinajstić information content (AvgIpc) is 3.74.